The number of hydrogen-bond acceptors (Lipinski definition) is 3. The second-order valence-electron chi connectivity index (χ2n) is 4.25. The summed E-state index contributed by atoms with van der Waals surface area (Å²) in [7, 11) is 1.65. The van der Waals surface area contributed by atoms with Gasteiger partial charge in [0.25, 0.3) is 0 Å². The zero-order chi connectivity index (χ0) is 13.9. The number of para-hydroxylation sites is 1. The second kappa shape index (κ2) is 5.65. The van der Waals surface area contributed by atoms with Crippen molar-refractivity contribution >= 4 is 44.3 Å². The molecule has 1 aromatic heterocycles. The molecule has 2 aromatic carbocycles. The van der Waals surface area contributed by atoms with Crippen LogP contribution in [0.5, 0.6) is 5.75 Å². The lowest BCUT2D eigenvalue weighted by molar-refractivity contribution is 0.415. The average molecular weight is 302 g/mol. The Morgan fingerprint density at radius 2 is 1.90 bits per heavy atom. The van der Waals surface area contributed by atoms with Gasteiger partial charge in [0.1, 0.15) is 10.8 Å². The van der Waals surface area contributed by atoms with Gasteiger partial charge < -0.3 is 4.74 Å². The molecule has 100 valence electrons. The smallest absolute Gasteiger partial charge is 0.136 e. The SMILES string of the molecule is COc1ccc(/C=C(/Cl)c2nc3ccccc3s2)cc1. The van der Waals surface area contributed by atoms with Crippen molar-refractivity contribution < 1.29 is 4.74 Å². The van der Waals surface area contributed by atoms with Crippen LogP contribution in [0.15, 0.2) is 48.5 Å². The summed E-state index contributed by atoms with van der Waals surface area (Å²) in [6.45, 7) is 0. The summed E-state index contributed by atoms with van der Waals surface area (Å²) in [5.41, 5.74) is 2.00. The van der Waals surface area contributed by atoms with Gasteiger partial charge in [-0.3, -0.25) is 0 Å². The van der Waals surface area contributed by atoms with Crippen molar-refractivity contribution in [3.05, 3.63) is 59.1 Å². The molecule has 0 spiro atoms. The molecule has 0 amide bonds. The Morgan fingerprint density at radius 3 is 2.60 bits per heavy atom. The molecule has 3 rings (SSSR count). The van der Waals surface area contributed by atoms with Crippen molar-refractivity contribution in [2.24, 2.45) is 0 Å². The Morgan fingerprint density at radius 1 is 1.15 bits per heavy atom. The second-order valence-corrected chi connectivity index (χ2v) is 5.69. The van der Waals surface area contributed by atoms with Gasteiger partial charge in [0, 0.05) is 0 Å². The molecule has 0 N–H and O–H groups in total. The Labute approximate surface area is 126 Å². The largest absolute Gasteiger partial charge is 0.497 e. The standard InChI is InChI=1S/C16H12ClNOS/c1-19-12-8-6-11(7-9-12)10-13(17)16-18-14-4-2-3-5-15(14)20-16/h2-10H,1H3/b13-10+. The Bertz CT molecular complexity index is 729. The number of hydrogen-bond donors (Lipinski definition) is 0. The van der Waals surface area contributed by atoms with E-state index in [-0.39, 0.29) is 0 Å². The first-order valence-electron chi connectivity index (χ1n) is 6.13. The average Bonchev–Trinajstić information content (AvgIpc) is 2.92. The molecule has 0 bridgehead atoms. The number of ether oxygens (including phenoxy) is 1. The van der Waals surface area contributed by atoms with E-state index in [1.807, 2.05) is 54.6 Å². The maximum Gasteiger partial charge on any atom is 0.136 e. The molecule has 0 aliphatic rings. The molecule has 4 heteroatoms. The lowest BCUT2D eigenvalue weighted by Gasteiger charge is -1.99. The first-order valence-corrected chi connectivity index (χ1v) is 7.33. The molecule has 20 heavy (non-hydrogen) atoms. The Balaban J connectivity index is 1.93. The fourth-order valence-corrected chi connectivity index (χ4v) is 3.04. The van der Waals surface area contributed by atoms with Crippen LogP contribution in [-0.2, 0) is 0 Å². The van der Waals surface area contributed by atoms with Gasteiger partial charge in [-0.1, -0.05) is 35.9 Å². The van der Waals surface area contributed by atoms with E-state index < -0.39 is 0 Å². The number of fused-ring (bicyclic) bond motifs is 1. The predicted molar refractivity (Wildman–Crippen MR) is 86.3 cm³/mol. The minimum absolute atomic E-state index is 0.649. The minimum atomic E-state index is 0.649. The third-order valence-corrected chi connectivity index (χ3v) is 4.38. The van der Waals surface area contributed by atoms with Crippen LogP contribution in [0.2, 0.25) is 0 Å². The first kappa shape index (κ1) is 13.2. The van der Waals surface area contributed by atoms with Crippen LogP contribution in [0.3, 0.4) is 0 Å². The molecule has 0 saturated carbocycles. The summed E-state index contributed by atoms with van der Waals surface area (Å²) in [5.74, 6) is 0.832. The zero-order valence-electron chi connectivity index (χ0n) is 10.8. The van der Waals surface area contributed by atoms with E-state index in [2.05, 4.69) is 4.98 Å². The maximum atomic E-state index is 6.36. The van der Waals surface area contributed by atoms with Crippen molar-refractivity contribution in [2.75, 3.05) is 7.11 Å². The van der Waals surface area contributed by atoms with Gasteiger partial charge in [-0.05, 0) is 35.9 Å². The number of thiazole rings is 1. The molecule has 3 aromatic rings. The minimum Gasteiger partial charge on any atom is -0.497 e. The lowest BCUT2D eigenvalue weighted by Crippen LogP contribution is -1.82. The number of methoxy groups -OCH3 is 1. The summed E-state index contributed by atoms with van der Waals surface area (Å²) in [4.78, 5) is 4.54. The summed E-state index contributed by atoms with van der Waals surface area (Å²) < 4.78 is 6.28. The highest BCUT2D eigenvalue weighted by Gasteiger charge is 2.06. The van der Waals surface area contributed by atoms with E-state index in [1.54, 1.807) is 18.4 Å². The molecular formula is C16H12ClNOS. The van der Waals surface area contributed by atoms with Crippen molar-refractivity contribution in [1.82, 2.24) is 4.98 Å². The highest BCUT2D eigenvalue weighted by Crippen LogP contribution is 2.30. The van der Waals surface area contributed by atoms with Crippen LogP contribution in [0.1, 0.15) is 10.6 Å². The molecule has 0 aliphatic heterocycles. The molecule has 0 radical (unpaired) electrons. The van der Waals surface area contributed by atoms with Gasteiger partial charge in [0.15, 0.2) is 0 Å². The summed E-state index contributed by atoms with van der Waals surface area (Å²) in [6, 6.07) is 15.8. The first-order chi connectivity index (χ1) is 9.76. The van der Waals surface area contributed by atoms with Crippen LogP contribution in [0, 0.1) is 0 Å². The zero-order valence-corrected chi connectivity index (χ0v) is 12.4. The van der Waals surface area contributed by atoms with E-state index in [1.165, 1.54) is 0 Å². The van der Waals surface area contributed by atoms with Crippen molar-refractivity contribution in [1.29, 1.82) is 0 Å². The lowest BCUT2D eigenvalue weighted by atomic mass is 10.2. The summed E-state index contributed by atoms with van der Waals surface area (Å²) in [5, 5.41) is 1.49. The maximum absolute atomic E-state index is 6.36. The topological polar surface area (TPSA) is 22.1 Å². The summed E-state index contributed by atoms with van der Waals surface area (Å²) in [6.07, 6.45) is 1.92. The van der Waals surface area contributed by atoms with Crippen molar-refractivity contribution in [3.8, 4) is 5.75 Å². The molecule has 0 unspecified atom stereocenters. The molecule has 0 saturated heterocycles. The molecule has 0 fully saturated rings. The van der Waals surface area contributed by atoms with Crippen molar-refractivity contribution in [2.45, 2.75) is 0 Å². The Hall–Kier alpha value is -1.84. The van der Waals surface area contributed by atoms with Crippen LogP contribution in [0.4, 0.5) is 0 Å². The molecule has 0 atom stereocenters. The number of aromatic nitrogens is 1. The predicted octanol–water partition coefficient (Wildman–Crippen LogP) is 5.04. The van der Waals surface area contributed by atoms with Crippen LogP contribution < -0.4 is 4.74 Å². The summed E-state index contributed by atoms with van der Waals surface area (Å²) >= 11 is 7.96. The fraction of sp³-hybridized carbons (Fsp3) is 0.0625. The third-order valence-electron chi connectivity index (χ3n) is 2.91. The van der Waals surface area contributed by atoms with Gasteiger partial charge in [0.2, 0.25) is 0 Å². The van der Waals surface area contributed by atoms with Gasteiger partial charge >= 0.3 is 0 Å². The number of benzene rings is 2. The van der Waals surface area contributed by atoms with Crippen molar-refractivity contribution in [3.63, 3.8) is 0 Å². The normalized spacial score (nSPS) is 11.8. The van der Waals surface area contributed by atoms with Gasteiger partial charge in [-0.25, -0.2) is 4.98 Å². The monoisotopic (exact) mass is 301 g/mol. The highest BCUT2D eigenvalue weighted by atomic mass is 35.5. The van der Waals surface area contributed by atoms with E-state index in [0.717, 1.165) is 26.5 Å². The quantitative estimate of drug-likeness (QED) is 0.676. The molecule has 2 nitrogen and oxygen atoms in total. The van der Waals surface area contributed by atoms with Gasteiger partial charge in [-0.2, -0.15) is 0 Å². The molecule has 1 heterocycles. The van der Waals surface area contributed by atoms with E-state index >= 15 is 0 Å². The third kappa shape index (κ3) is 2.69. The number of nitrogens with zero attached hydrogens (tertiary/aromatic N) is 1. The van der Waals surface area contributed by atoms with Crippen LogP contribution in [-0.4, -0.2) is 12.1 Å². The number of halogens is 1. The highest BCUT2D eigenvalue weighted by molar-refractivity contribution is 7.20. The Kier molecular flexibility index (Phi) is 3.72. The van der Waals surface area contributed by atoms with Crippen LogP contribution in [0.25, 0.3) is 21.3 Å². The van der Waals surface area contributed by atoms with E-state index in [9.17, 15) is 0 Å². The fourth-order valence-electron chi connectivity index (χ4n) is 1.88. The number of rotatable bonds is 3. The van der Waals surface area contributed by atoms with Crippen LogP contribution >= 0.6 is 22.9 Å². The van der Waals surface area contributed by atoms with Gasteiger partial charge in [-0.15, -0.1) is 11.3 Å². The van der Waals surface area contributed by atoms with E-state index in [4.69, 9.17) is 16.3 Å². The van der Waals surface area contributed by atoms with E-state index in [0.29, 0.717) is 5.03 Å². The molecular weight excluding hydrogens is 290 g/mol. The molecule has 0 aliphatic carbocycles. The van der Waals surface area contributed by atoms with Gasteiger partial charge in [0.05, 0.1) is 22.4 Å².